The van der Waals surface area contributed by atoms with E-state index in [4.69, 9.17) is 9.84 Å². The van der Waals surface area contributed by atoms with Crippen molar-refractivity contribution in [1.82, 2.24) is 4.98 Å². The van der Waals surface area contributed by atoms with Crippen LogP contribution in [-0.2, 0) is 6.18 Å². The van der Waals surface area contributed by atoms with E-state index in [1.54, 1.807) is 0 Å². The summed E-state index contributed by atoms with van der Waals surface area (Å²) in [4.78, 5) is 14.6. The molecule has 1 aromatic carbocycles. The molecular formula is C13H8F3NO3. The molecule has 0 spiro atoms. The highest BCUT2D eigenvalue weighted by atomic mass is 19.4. The largest absolute Gasteiger partial charge is 0.477 e. The number of halogens is 3. The minimum Gasteiger partial charge on any atom is -0.477 e. The normalized spacial score (nSPS) is 11.2. The Balaban J connectivity index is 2.34. The number of carboxylic acids is 1. The SMILES string of the molecule is O=C(O)c1cccnc1Oc1cccc(C(F)(F)F)c1. The maximum absolute atomic E-state index is 12.5. The van der Waals surface area contributed by atoms with E-state index in [0.717, 1.165) is 12.1 Å². The number of nitrogens with zero attached hydrogens (tertiary/aromatic N) is 1. The molecule has 0 radical (unpaired) electrons. The topological polar surface area (TPSA) is 59.4 Å². The maximum atomic E-state index is 12.5. The summed E-state index contributed by atoms with van der Waals surface area (Å²) in [6, 6.07) is 6.77. The number of ether oxygens (including phenoxy) is 1. The Kier molecular flexibility index (Phi) is 3.60. The van der Waals surface area contributed by atoms with E-state index in [-0.39, 0.29) is 17.2 Å². The summed E-state index contributed by atoms with van der Waals surface area (Å²) in [5.74, 6) is -1.68. The van der Waals surface area contributed by atoms with Gasteiger partial charge in [-0.2, -0.15) is 13.2 Å². The molecule has 2 aromatic rings. The van der Waals surface area contributed by atoms with Crippen molar-refractivity contribution in [2.24, 2.45) is 0 Å². The Labute approximate surface area is 111 Å². The van der Waals surface area contributed by atoms with Gasteiger partial charge in [-0.3, -0.25) is 0 Å². The van der Waals surface area contributed by atoms with Gasteiger partial charge in [0.1, 0.15) is 11.3 Å². The predicted molar refractivity (Wildman–Crippen MR) is 62.7 cm³/mol. The van der Waals surface area contributed by atoms with Gasteiger partial charge in [-0.15, -0.1) is 0 Å². The predicted octanol–water partition coefficient (Wildman–Crippen LogP) is 3.59. The summed E-state index contributed by atoms with van der Waals surface area (Å²) in [6.07, 6.45) is -3.21. The highest BCUT2D eigenvalue weighted by molar-refractivity contribution is 5.90. The first-order valence-electron chi connectivity index (χ1n) is 5.41. The molecule has 0 unspecified atom stereocenters. The first kappa shape index (κ1) is 13.9. The summed E-state index contributed by atoms with van der Waals surface area (Å²) in [5, 5.41) is 8.93. The third-order valence-corrected chi connectivity index (χ3v) is 2.38. The van der Waals surface area contributed by atoms with Gasteiger partial charge in [0, 0.05) is 6.20 Å². The van der Waals surface area contributed by atoms with Gasteiger partial charge in [0.25, 0.3) is 0 Å². The van der Waals surface area contributed by atoms with Gasteiger partial charge in [0.2, 0.25) is 5.88 Å². The second-order valence-corrected chi connectivity index (χ2v) is 3.79. The zero-order chi connectivity index (χ0) is 14.8. The Morgan fingerprint density at radius 2 is 1.95 bits per heavy atom. The van der Waals surface area contributed by atoms with Crippen LogP contribution in [0.4, 0.5) is 13.2 Å². The molecular weight excluding hydrogens is 275 g/mol. The molecule has 2 rings (SSSR count). The first-order valence-corrected chi connectivity index (χ1v) is 5.41. The third-order valence-electron chi connectivity index (χ3n) is 2.38. The van der Waals surface area contributed by atoms with Crippen LogP contribution < -0.4 is 4.74 Å². The lowest BCUT2D eigenvalue weighted by molar-refractivity contribution is -0.137. The monoisotopic (exact) mass is 283 g/mol. The van der Waals surface area contributed by atoms with Crippen molar-refractivity contribution in [3.05, 3.63) is 53.7 Å². The molecule has 1 heterocycles. The number of hydrogen-bond acceptors (Lipinski definition) is 3. The van der Waals surface area contributed by atoms with Gasteiger partial charge >= 0.3 is 12.1 Å². The minimum atomic E-state index is -4.50. The molecule has 4 nitrogen and oxygen atoms in total. The zero-order valence-electron chi connectivity index (χ0n) is 9.89. The van der Waals surface area contributed by atoms with Crippen LogP contribution in [0.5, 0.6) is 11.6 Å². The molecule has 104 valence electrons. The molecule has 0 bridgehead atoms. The Morgan fingerprint density at radius 3 is 2.60 bits per heavy atom. The van der Waals surface area contributed by atoms with Crippen molar-refractivity contribution in [1.29, 1.82) is 0 Å². The second kappa shape index (κ2) is 5.20. The zero-order valence-corrected chi connectivity index (χ0v) is 9.89. The number of benzene rings is 1. The molecule has 0 aliphatic heterocycles. The molecule has 0 saturated carbocycles. The van der Waals surface area contributed by atoms with Crippen molar-refractivity contribution in [3.63, 3.8) is 0 Å². The van der Waals surface area contributed by atoms with Crippen molar-refractivity contribution in [2.75, 3.05) is 0 Å². The number of aromatic nitrogens is 1. The number of hydrogen-bond donors (Lipinski definition) is 1. The number of carbonyl (C=O) groups is 1. The Hall–Kier alpha value is -2.57. The molecule has 0 amide bonds. The third kappa shape index (κ3) is 3.05. The van der Waals surface area contributed by atoms with E-state index in [9.17, 15) is 18.0 Å². The summed E-state index contributed by atoms with van der Waals surface area (Å²) in [7, 11) is 0. The Morgan fingerprint density at radius 1 is 1.20 bits per heavy atom. The number of rotatable bonds is 3. The summed E-state index contributed by atoms with van der Waals surface area (Å²) < 4.78 is 42.8. The van der Waals surface area contributed by atoms with Gasteiger partial charge in [-0.25, -0.2) is 9.78 Å². The van der Waals surface area contributed by atoms with Crippen molar-refractivity contribution >= 4 is 5.97 Å². The van der Waals surface area contributed by atoms with E-state index in [0.29, 0.717) is 0 Å². The number of aromatic carboxylic acids is 1. The van der Waals surface area contributed by atoms with E-state index in [2.05, 4.69) is 4.98 Å². The van der Waals surface area contributed by atoms with E-state index in [1.807, 2.05) is 0 Å². The summed E-state index contributed by atoms with van der Waals surface area (Å²) in [6.45, 7) is 0. The average Bonchev–Trinajstić information content (AvgIpc) is 2.38. The Bertz CT molecular complexity index is 641. The molecule has 20 heavy (non-hydrogen) atoms. The lowest BCUT2D eigenvalue weighted by atomic mass is 10.2. The fourth-order valence-electron chi connectivity index (χ4n) is 1.48. The van der Waals surface area contributed by atoms with Crippen molar-refractivity contribution in [2.45, 2.75) is 6.18 Å². The smallest absolute Gasteiger partial charge is 0.416 e. The molecule has 0 aliphatic carbocycles. The van der Waals surface area contributed by atoms with Crippen LogP contribution in [0.2, 0.25) is 0 Å². The van der Waals surface area contributed by atoms with Crippen LogP contribution in [0.25, 0.3) is 0 Å². The van der Waals surface area contributed by atoms with Gasteiger partial charge in [-0.1, -0.05) is 6.07 Å². The quantitative estimate of drug-likeness (QED) is 0.935. The highest BCUT2D eigenvalue weighted by Crippen LogP contribution is 2.32. The second-order valence-electron chi connectivity index (χ2n) is 3.79. The van der Waals surface area contributed by atoms with Crippen LogP contribution >= 0.6 is 0 Å². The minimum absolute atomic E-state index is 0.138. The molecule has 0 aliphatic rings. The first-order chi connectivity index (χ1) is 9.38. The molecule has 0 atom stereocenters. The van der Waals surface area contributed by atoms with E-state index >= 15 is 0 Å². The maximum Gasteiger partial charge on any atom is 0.416 e. The fraction of sp³-hybridized carbons (Fsp3) is 0.0769. The van der Waals surface area contributed by atoms with E-state index in [1.165, 1.54) is 30.5 Å². The number of pyridine rings is 1. The van der Waals surface area contributed by atoms with Gasteiger partial charge in [0.05, 0.1) is 5.56 Å². The fourth-order valence-corrected chi connectivity index (χ4v) is 1.48. The van der Waals surface area contributed by atoms with Gasteiger partial charge in [-0.05, 0) is 30.3 Å². The molecule has 1 N–H and O–H groups in total. The van der Waals surface area contributed by atoms with Crippen LogP contribution in [0.3, 0.4) is 0 Å². The van der Waals surface area contributed by atoms with Crippen LogP contribution in [-0.4, -0.2) is 16.1 Å². The molecule has 0 fully saturated rings. The van der Waals surface area contributed by atoms with Crippen molar-refractivity contribution < 1.29 is 27.8 Å². The number of carboxylic acid groups (broad SMARTS) is 1. The summed E-state index contributed by atoms with van der Waals surface area (Å²) >= 11 is 0. The highest BCUT2D eigenvalue weighted by Gasteiger charge is 2.30. The summed E-state index contributed by atoms with van der Waals surface area (Å²) in [5.41, 5.74) is -1.12. The standard InChI is InChI=1S/C13H8F3NO3/c14-13(15,16)8-3-1-4-9(7-8)20-11-10(12(18)19)5-2-6-17-11/h1-7H,(H,18,19). The van der Waals surface area contributed by atoms with E-state index < -0.39 is 17.7 Å². The number of alkyl halides is 3. The average molecular weight is 283 g/mol. The lowest BCUT2D eigenvalue weighted by Crippen LogP contribution is -2.05. The van der Waals surface area contributed by atoms with Crippen molar-refractivity contribution in [3.8, 4) is 11.6 Å². The lowest BCUT2D eigenvalue weighted by Gasteiger charge is -2.10. The van der Waals surface area contributed by atoms with Crippen LogP contribution in [0.1, 0.15) is 15.9 Å². The molecule has 7 heteroatoms. The molecule has 1 aromatic heterocycles. The van der Waals surface area contributed by atoms with Crippen LogP contribution in [0, 0.1) is 0 Å². The molecule has 0 saturated heterocycles. The van der Waals surface area contributed by atoms with Crippen LogP contribution in [0.15, 0.2) is 42.6 Å². The van der Waals surface area contributed by atoms with Gasteiger partial charge in [0.15, 0.2) is 0 Å². The van der Waals surface area contributed by atoms with Gasteiger partial charge < -0.3 is 9.84 Å².